The minimum atomic E-state index is 0.340. The Hall–Kier alpha value is -1.90. The third kappa shape index (κ3) is 1.49. The molecule has 0 spiro atoms. The summed E-state index contributed by atoms with van der Waals surface area (Å²) in [6.45, 7) is 0. The van der Waals surface area contributed by atoms with Gasteiger partial charge in [0.2, 0.25) is 0 Å². The summed E-state index contributed by atoms with van der Waals surface area (Å²) < 4.78 is 5.22. The van der Waals surface area contributed by atoms with Crippen LogP contribution >= 0.6 is 0 Å². The van der Waals surface area contributed by atoms with Gasteiger partial charge in [-0.2, -0.15) is 0 Å². The molecule has 0 atom stereocenters. The van der Waals surface area contributed by atoms with E-state index in [1.807, 2.05) is 12.1 Å². The molecule has 0 saturated heterocycles. The van der Waals surface area contributed by atoms with E-state index in [1.165, 1.54) is 0 Å². The van der Waals surface area contributed by atoms with Crippen molar-refractivity contribution in [1.29, 1.82) is 0 Å². The number of carbonyl (C=O) groups is 1. The van der Waals surface area contributed by atoms with Crippen LogP contribution in [-0.2, 0) is 0 Å². The first-order valence-electron chi connectivity index (χ1n) is 3.85. The van der Waals surface area contributed by atoms with Crippen LogP contribution in [0.4, 0.5) is 0 Å². The first kappa shape index (κ1) is 7.73. The number of hydrogen-bond acceptors (Lipinski definition) is 3. The minimum absolute atomic E-state index is 0.340. The van der Waals surface area contributed by atoms with E-state index in [0.29, 0.717) is 17.8 Å². The maximum Gasteiger partial charge on any atom is 0.185 e. The van der Waals surface area contributed by atoms with Crippen molar-refractivity contribution in [3.05, 3.63) is 42.4 Å². The van der Waals surface area contributed by atoms with Gasteiger partial charge < -0.3 is 4.42 Å². The smallest absolute Gasteiger partial charge is 0.185 e. The number of pyridine rings is 1. The fourth-order valence-electron chi connectivity index (χ4n) is 1.09. The average molecular weight is 173 g/mol. The number of carbonyl (C=O) groups excluding carboxylic acids is 1. The standard InChI is InChI=1S/C10H7NO2/c12-7-9-1-2-10(13-9)8-3-5-11-6-4-8/h1-7H. The second kappa shape index (κ2) is 3.23. The maximum absolute atomic E-state index is 10.3. The summed E-state index contributed by atoms with van der Waals surface area (Å²) in [5, 5.41) is 0. The maximum atomic E-state index is 10.3. The monoisotopic (exact) mass is 173 g/mol. The summed E-state index contributed by atoms with van der Waals surface area (Å²) in [6.07, 6.45) is 4.04. The van der Waals surface area contributed by atoms with Gasteiger partial charge in [-0.1, -0.05) is 0 Å². The zero-order valence-electron chi connectivity index (χ0n) is 6.81. The topological polar surface area (TPSA) is 43.1 Å². The molecule has 0 aliphatic rings. The van der Waals surface area contributed by atoms with E-state index in [9.17, 15) is 4.79 Å². The van der Waals surface area contributed by atoms with Gasteiger partial charge in [0.1, 0.15) is 5.76 Å². The number of hydrogen-bond donors (Lipinski definition) is 0. The highest BCUT2D eigenvalue weighted by Crippen LogP contribution is 2.19. The molecule has 0 amide bonds. The molecule has 3 nitrogen and oxygen atoms in total. The number of aldehydes is 1. The lowest BCUT2D eigenvalue weighted by atomic mass is 10.2. The molecule has 0 N–H and O–H groups in total. The zero-order chi connectivity index (χ0) is 9.10. The zero-order valence-corrected chi connectivity index (χ0v) is 6.81. The van der Waals surface area contributed by atoms with Gasteiger partial charge in [0.25, 0.3) is 0 Å². The molecule has 0 unspecified atom stereocenters. The SMILES string of the molecule is O=Cc1ccc(-c2ccncc2)o1. The highest BCUT2D eigenvalue weighted by Gasteiger charge is 2.02. The number of rotatable bonds is 2. The molecule has 2 aromatic heterocycles. The van der Waals surface area contributed by atoms with Crippen molar-refractivity contribution in [2.75, 3.05) is 0 Å². The van der Waals surface area contributed by atoms with E-state index in [1.54, 1.807) is 24.5 Å². The molecule has 2 rings (SSSR count). The molecule has 3 heteroatoms. The Morgan fingerprint density at radius 3 is 2.54 bits per heavy atom. The lowest BCUT2D eigenvalue weighted by Gasteiger charge is -1.93. The molecule has 64 valence electrons. The molecule has 0 aliphatic carbocycles. The van der Waals surface area contributed by atoms with Crippen LogP contribution in [0.25, 0.3) is 11.3 Å². The van der Waals surface area contributed by atoms with Crippen LogP contribution in [0.15, 0.2) is 41.1 Å². The fraction of sp³-hybridized carbons (Fsp3) is 0. The van der Waals surface area contributed by atoms with Gasteiger partial charge in [-0.15, -0.1) is 0 Å². The van der Waals surface area contributed by atoms with Crippen molar-refractivity contribution >= 4 is 6.29 Å². The lowest BCUT2D eigenvalue weighted by molar-refractivity contribution is 0.110. The van der Waals surface area contributed by atoms with Crippen LogP contribution in [0.3, 0.4) is 0 Å². The summed E-state index contributed by atoms with van der Waals surface area (Å²) in [7, 11) is 0. The van der Waals surface area contributed by atoms with Gasteiger partial charge in [-0.25, -0.2) is 0 Å². The van der Waals surface area contributed by atoms with Crippen LogP contribution in [0.5, 0.6) is 0 Å². The van der Waals surface area contributed by atoms with Crippen molar-refractivity contribution < 1.29 is 9.21 Å². The van der Waals surface area contributed by atoms with Gasteiger partial charge in [0.15, 0.2) is 12.0 Å². The van der Waals surface area contributed by atoms with Crippen LogP contribution in [0, 0.1) is 0 Å². The molecule has 2 heterocycles. The minimum Gasteiger partial charge on any atom is -0.453 e. The van der Waals surface area contributed by atoms with E-state index in [0.717, 1.165) is 5.56 Å². The van der Waals surface area contributed by atoms with Crippen LogP contribution in [0.2, 0.25) is 0 Å². The Kier molecular flexibility index (Phi) is 1.92. The molecule has 0 saturated carbocycles. The Morgan fingerprint density at radius 1 is 1.15 bits per heavy atom. The Bertz CT molecular complexity index is 406. The van der Waals surface area contributed by atoms with Gasteiger partial charge >= 0.3 is 0 Å². The van der Waals surface area contributed by atoms with Crippen molar-refractivity contribution in [3.63, 3.8) is 0 Å². The first-order chi connectivity index (χ1) is 6.40. The summed E-state index contributed by atoms with van der Waals surface area (Å²) in [5.41, 5.74) is 0.920. The number of furan rings is 1. The predicted octanol–water partition coefficient (Wildman–Crippen LogP) is 2.15. The molecule has 0 fully saturated rings. The molecular weight excluding hydrogens is 166 g/mol. The molecular formula is C10H7NO2. The van der Waals surface area contributed by atoms with Crippen LogP contribution in [0.1, 0.15) is 10.6 Å². The van der Waals surface area contributed by atoms with Gasteiger partial charge in [0, 0.05) is 18.0 Å². The lowest BCUT2D eigenvalue weighted by Crippen LogP contribution is -1.74. The second-order valence-electron chi connectivity index (χ2n) is 2.56. The normalized spacial score (nSPS) is 9.85. The van der Waals surface area contributed by atoms with Gasteiger partial charge in [0.05, 0.1) is 0 Å². The Balaban J connectivity index is 2.41. The number of aromatic nitrogens is 1. The summed E-state index contributed by atoms with van der Waals surface area (Å²) in [6, 6.07) is 7.06. The largest absolute Gasteiger partial charge is 0.453 e. The predicted molar refractivity (Wildman–Crippen MR) is 47.3 cm³/mol. The highest BCUT2D eigenvalue weighted by molar-refractivity contribution is 5.72. The third-order valence-electron chi connectivity index (χ3n) is 1.71. The fourth-order valence-corrected chi connectivity index (χ4v) is 1.09. The molecule has 0 bridgehead atoms. The van der Waals surface area contributed by atoms with E-state index in [2.05, 4.69) is 4.98 Å². The first-order valence-corrected chi connectivity index (χ1v) is 3.85. The molecule has 0 aromatic carbocycles. The van der Waals surface area contributed by atoms with Crippen LogP contribution < -0.4 is 0 Å². The molecule has 0 radical (unpaired) electrons. The van der Waals surface area contributed by atoms with Crippen molar-refractivity contribution in [3.8, 4) is 11.3 Å². The van der Waals surface area contributed by atoms with Gasteiger partial charge in [-0.3, -0.25) is 9.78 Å². The Labute approximate surface area is 75.0 Å². The summed E-state index contributed by atoms with van der Waals surface area (Å²) in [4.78, 5) is 14.2. The quantitative estimate of drug-likeness (QED) is 0.653. The molecule has 2 aromatic rings. The van der Waals surface area contributed by atoms with E-state index < -0.39 is 0 Å². The van der Waals surface area contributed by atoms with E-state index >= 15 is 0 Å². The summed E-state index contributed by atoms with van der Waals surface area (Å²) in [5.74, 6) is 1.02. The van der Waals surface area contributed by atoms with Crippen molar-refractivity contribution in [2.45, 2.75) is 0 Å². The third-order valence-corrected chi connectivity index (χ3v) is 1.71. The highest BCUT2D eigenvalue weighted by atomic mass is 16.3. The van der Waals surface area contributed by atoms with E-state index in [4.69, 9.17) is 4.42 Å². The Morgan fingerprint density at radius 2 is 1.92 bits per heavy atom. The van der Waals surface area contributed by atoms with Crippen LogP contribution in [-0.4, -0.2) is 11.3 Å². The van der Waals surface area contributed by atoms with E-state index in [-0.39, 0.29) is 0 Å². The number of nitrogens with zero attached hydrogens (tertiary/aromatic N) is 1. The molecule has 13 heavy (non-hydrogen) atoms. The van der Waals surface area contributed by atoms with Gasteiger partial charge in [-0.05, 0) is 24.3 Å². The second-order valence-corrected chi connectivity index (χ2v) is 2.56. The van der Waals surface area contributed by atoms with Crippen molar-refractivity contribution in [1.82, 2.24) is 4.98 Å². The molecule has 0 aliphatic heterocycles. The average Bonchev–Trinajstić information content (AvgIpc) is 2.67. The summed E-state index contributed by atoms with van der Waals surface area (Å²) >= 11 is 0. The van der Waals surface area contributed by atoms with Crippen molar-refractivity contribution in [2.24, 2.45) is 0 Å².